The van der Waals surface area contributed by atoms with Crippen molar-refractivity contribution in [2.24, 2.45) is 0 Å². The van der Waals surface area contributed by atoms with Crippen LogP contribution in [0.25, 0.3) is 6.08 Å². The quantitative estimate of drug-likeness (QED) is 0.447. The second-order valence-corrected chi connectivity index (χ2v) is 7.54. The second-order valence-electron chi connectivity index (χ2n) is 7.54. The van der Waals surface area contributed by atoms with E-state index in [4.69, 9.17) is 9.47 Å². The predicted molar refractivity (Wildman–Crippen MR) is 124 cm³/mol. The minimum atomic E-state index is -1.19. The summed E-state index contributed by atoms with van der Waals surface area (Å²) in [7, 11) is 0. The molecule has 1 aliphatic heterocycles. The predicted octanol–water partition coefficient (Wildman–Crippen LogP) is 3.00. The zero-order valence-corrected chi connectivity index (χ0v) is 18.1. The fourth-order valence-corrected chi connectivity index (χ4v) is 3.40. The van der Waals surface area contributed by atoms with Crippen molar-refractivity contribution in [2.75, 3.05) is 6.79 Å². The van der Waals surface area contributed by atoms with Crippen LogP contribution in [0.15, 0.2) is 84.6 Å². The minimum Gasteiger partial charge on any atom is -0.480 e. The lowest BCUT2D eigenvalue weighted by Gasteiger charge is -2.17. The van der Waals surface area contributed by atoms with Gasteiger partial charge in [0, 0.05) is 12.0 Å². The number of fused-ring (bicyclic) bond motifs is 1. The van der Waals surface area contributed by atoms with Crippen molar-refractivity contribution >= 4 is 23.9 Å². The Morgan fingerprint density at radius 3 is 2.29 bits per heavy atom. The first-order valence-corrected chi connectivity index (χ1v) is 10.5. The molecular formula is C26H22N2O6. The van der Waals surface area contributed by atoms with Crippen LogP contribution in [-0.4, -0.2) is 35.7 Å². The summed E-state index contributed by atoms with van der Waals surface area (Å²) in [4.78, 5) is 37.7. The Labute approximate surface area is 195 Å². The van der Waals surface area contributed by atoms with Crippen LogP contribution < -0.4 is 20.1 Å². The molecule has 0 saturated carbocycles. The molecule has 0 saturated heterocycles. The Kier molecular flexibility index (Phi) is 6.88. The van der Waals surface area contributed by atoms with Gasteiger partial charge in [-0.05, 0) is 41.5 Å². The fourth-order valence-electron chi connectivity index (χ4n) is 3.40. The first-order chi connectivity index (χ1) is 16.5. The highest BCUT2D eigenvalue weighted by Gasteiger charge is 2.24. The Morgan fingerprint density at radius 1 is 0.912 bits per heavy atom. The molecule has 3 N–H and O–H groups in total. The zero-order valence-electron chi connectivity index (χ0n) is 18.1. The van der Waals surface area contributed by atoms with Crippen LogP contribution in [-0.2, 0) is 16.0 Å². The Balaban J connectivity index is 1.60. The molecule has 4 rings (SSSR count). The van der Waals surface area contributed by atoms with Crippen molar-refractivity contribution in [1.82, 2.24) is 10.6 Å². The summed E-state index contributed by atoms with van der Waals surface area (Å²) in [5, 5.41) is 14.8. The largest absolute Gasteiger partial charge is 0.480 e. The van der Waals surface area contributed by atoms with Gasteiger partial charge < -0.3 is 25.2 Å². The van der Waals surface area contributed by atoms with Gasteiger partial charge >= 0.3 is 5.97 Å². The maximum absolute atomic E-state index is 13.1. The second kappa shape index (κ2) is 10.4. The topological polar surface area (TPSA) is 114 Å². The fraction of sp³-hybridized carbons (Fsp3) is 0.115. The van der Waals surface area contributed by atoms with Gasteiger partial charge in [-0.2, -0.15) is 0 Å². The molecule has 0 aliphatic carbocycles. The van der Waals surface area contributed by atoms with Gasteiger partial charge in [0.1, 0.15) is 11.7 Å². The number of carbonyl (C=O) groups excluding carboxylic acids is 2. The molecule has 2 amide bonds. The van der Waals surface area contributed by atoms with E-state index in [9.17, 15) is 19.5 Å². The summed E-state index contributed by atoms with van der Waals surface area (Å²) in [6.45, 7) is 0.0976. The SMILES string of the molecule is O=C(N[C@H](Cc1ccccc1)C(=O)O)/C(=C\c1ccc2c(c1)OCO2)NC(=O)c1ccccc1. The van der Waals surface area contributed by atoms with Crippen LogP contribution in [0, 0.1) is 0 Å². The third-order valence-electron chi connectivity index (χ3n) is 5.12. The lowest BCUT2D eigenvalue weighted by Crippen LogP contribution is -2.45. The maximum atomic E-state index is 13.1. The molecule has 1 aliphatic rings. The summed E-state index contributed by atoms with van der Waals surface area (Å²) >= 11 is 0. The van der Waals surface area contributed by atoms with Gasteiger partial charge in [0.05, 0.1) is 0 Å². The molecule has 172 valence electrons. The molecule has 3 aromatic rings. The number of carboxylic acids is 1. The molecular weight excluding hydrogens is 436 g/mol. The monoisotopic (exact) mass is 458 g/mol. The van der Waals surface area contributed by atoms with E-state index in [1.165, 1.54) is 6.08 Å². The van der Waals surface area contributed by atoms with E-state index in [2.05, 4.69) is 10.6 Å². The molecule has 0 fully saturated rings. The molecule has 0 aromatic heterocycles. The number of aliphatic carboxylic acids is 1. The van der Waals surface area contributed by atoms with E-state index in [-0.39, 0.29) is 18.9 Å². The number of benzene rings is 3. The summed E-state index contributed by atoms with van der Waals surface area (Å²) in [5.41, 5.74) is 1.57. The molecule has 8 heteroatoms. The number of rotatable bonds is 8. The zero-order chi connectivity index (χ0) is 23.9. The van der Waals surface area contributed by atoms with Crippen molar-refractivity contribution in [3.8, 4) is 11.5 Å². The van der Waals surface area contributed by atoms with Gasteiger partial charge in [-0.3, -0.25) is 9.59 Å². The summed E-state index contributed by atoms with van der Waals surface area (Å²) in [5.74, 6) is -1.34. The van der Waals surface area contributed by atoms with E-state index in [0.29, 0.717) is 22.6 Å². The molecule has 34 heavy (non-hydrogen) atoms. The number of carboxylic acid groups (broad SMARTS) is 1. The van der Waals surface area contributed by atoms with Gasteiger partial charge in [0.15, 0.2) is 11.5 Å². The van der Waals surface area contributed by atoms with Gasteiger partial charge in [-0.15, -0.1) is 0 Å². The van der Waals surface area contributed by atoms with Crippen molar-refractivity contribution in [2.45, 2.75) is 12.5 Å². The van der Waals surface area contributed by atoms with Gasteiger partial charge in [-0.25, -0.2) is 4.79 Å². The van der Waals surface area contributed by atoms with E-state index >= 15 is 0 Å². The first-order valence-electron chi connectivity index (χ1n) is 10.5. The minimum absolute atomic E-state index is 0.0891. The van der Waals surface area contributed by atoms with Crippen LogP contribution in [0.5, 0.6) is 11.5 Å². The average molecular weight is 458 g/mol. The van der Waals surface area contributed by atoms with Crippen LogP contribution in [0.3, 0.4) is 0 Å². The molecule has 3 aromatic carbocycles. The van der Waals surface area contributed by atoms with E-state index in [1.54, 1.807) is 72.8 Å². The number of ether oxygens (including phenoxy) is 2. The summed E-state index contributed by atoms with van der Waals surface area (Å²) < 4.78 is 10.7. The Bertz CT molecular complexity index is 1220. The Morgan fingerprint density at radius 2 is 1.59 bits per heavy atom. The van der Waals surface area contributed by atoms with Crippen molar-refractivity contribution in [3.05, 3.63) is 101 Å². The molecule has 0 bridgehead atoms. The van der Waals surface area contributed by atoms with Gasteiger partial charge in [0.25, 0.3) is 11.8 Å². The highest BCUT2D eigenvalue weighted by molar-refractivity contribution is 6.06. The molecule has 1 atom stereocenters. The first kappa shape index (κ1) is 22.6. The average Bonchev–Trinajstić information content (AvgIpc) is 3.32. The lowest BCUT2D eigenvalue weighted by atomic mass is 10.1. The normalized spacial score (nSPS) is 13.1. The smallest absolute Gasteiger partial charge is 0.326 e. The summed E-state index contributed by atoms with van der Waals surface area (Å²) in [6.07, 6.45) is 1.55. The van der Waals surface area contributed by atoms with Crippen LogP contribution in [0.1, 0.15) is 21.5 Å². The lowest BCUT2D eigenvalue weighted by molar-refractivity contribution is -0.141. The van der Waals surface area contributed by atoms with Crippen molar-refractivity contribution in [3.63, 3.8) is 0 Å². The number of hydrogen-bond donors (Lipinski definition) is 3. The number of nitrogens with one attached hydrogen (secondary N) is 2. The highest BCUT2D eigenvalue weighted by atomic mass is 16.7. The standard InChI is InChI=1S/C26H22N2O6/c29-24(19-9-5-2-6-10-19)27-20(14-18-11-12-22-23(15-18)34-16-33-22)25(30)28-21(26(31)32)13-17-7-3-1-4-8-17/h1-12,14-15,21H,13,16H2,(H,27,29)(H,28,30)(H,31,32)/b20-14+/t21-/m1/s1. The number of carbonyl (C=O) groups is 3. The van der Waals surface area contributed by atoms with E-state index in [0.717, 1.165) is 5.56 Å². The van der Waals surface area contributed by atoms with Crippen LogP contribution >= 0.6 is 0 Å². The molecule has 0 unspecified atom stereocenters. The van der Waals surface area contributed by atoms with Gasteiger partial charge in [0.2, 0.25) is 6.79 Å². The van der Waals surface area contributed by atoms with Crippen LogP contribution in [0.2, 0.25) is 0 Å². The number of amides is 2. The number of hydrogen-bond acceptors (Lipinski definition) is 5. The summed E-state index contributed by atoms with van der Waals surface area (Å²) in [6, 6.07) is 21.2. The van der Waals surface area contributed by atoms with E-state index in [1.807, 2.05) is 6.07 Å². The highest BCUT2D eigenvalue weighted by Crippen LogP contribution is 2.33. The van der Waals surface area contributed by atoms with Gasteiger partial charge in [-0.1, -0.05) is 54.6 Å². The van der Waals surface area contributed by atoms with E-state index < -0.39 is 23.8 Å². The van der Waals surface area contributed by atoms with Crippen LogP contribution in [0.4, 0.5) is 0 Å². The van der Waals surface area contributed by atoms with Crippen molar-refractivity contribution in [1.29, 1.82) is 0 Å². The molecule has 0 spiro atoms. The molecule has 1 heterocycles. The third-order valence-corrected chi connectivity index (χ3v) is 5.12. The third kappa shape index (κ3) is 5.60. The van der Waals surface area contributed by atoms with Crippen molar-refractivity contribution < 1.29 is 29.0 Å². The maximum Gasteiger partial charge on any atom is 0.326 e. The molecule has 0 radical (unpaired) electrons. The Hall–Kier alpha value is -4.59. The molecule has 8 nitrogen and oxygen atoms in total.